The number of hydrogen-bond donors (Lipinski definition) is 1. The van der Waals surface area contributed by atoms with Crippen LogP contribution in [0.2, 0.25) is 0 Å². The lowest BCUT2D eigenvalue weighted by Crippen LogP contribution is -2.42. The van der Waals surface area contributed by atoms with Crippen molar-refractivity contribution in [3.05, 3.63) is 36.5 Å². The zero-order valence-electron chi connectivity index (χ0n) is 13.2. The smallest absolute Gasteiger partial charge is 0.318 e. The molecule has 23 heavy (non-hydrogen) atoms. The van der Waals surface area contributed by atoms with Crippen molar-refractivity contribution in [2.75, 3.05) is 13.1 Å². The molecule has 0 aliphatic carbocycles. The average molecular weight is 317 g/mol. The maximum Gasteiger partial charge on any atom is 0.318 e. The average Bonchev–Trinajstić information content (AvgIpc) is 3.22. The van der Waals surface area contributed by atoms with Crippen molar-refractivity contribution >= 4 is 6.03 Å². The van der Waals surface area contributed by atoms with E-state index < -0.39 is 0 Å². The highest BCUT2D eigenvalue weighted by molar-refractivity contribution is 5.74. The van der Waals surface area contributed by atoms with E-state index in [1.165, 1.54) is 0 Å². The standard InChI is InChI=1S/C16H23N5O2/c22-16(17-8-5-10-20-12-9-18-19-20)21-11-3-1-2-6-14(21)15-7-4-13-23-15/h4,7,9,12-14H,1-3,5-6,8,10-11H2,(H,17,22)/t14-/m0/s1. The number of likely N-dealkylation sites (tertiary alicyclic amines) is 1. The van der Waals surface area contributed by atoms with E-state index in [0.717, 1.165) is 51.0 Å². The van der Waals surface area contributed by atoms with Gasteiger partial charge in [0.05, 0.1) is 18.5 Å². The first-order valence-corrected chi connectivity index (χ1v) is 8.26. The summed E-state index contributed by atoms with van der Waals surface area (Å²) in [6, 6.07) is 3.88. The van der Waals surface area contributed by atoms with Crippen LogP contribution in [0.25, 0.3) is 0 Å². The molecule has 7 nitrogen and oxygen atoms in total. The van der Waals surface area contributed by atoms with Gasteiger partial charge in [0.1, 0.15) is 5.76 Å². The molecule has 1 atom stereocenters. The molecule has 7 heteroatoms. The number of aryl methyl sites for hydroxylation is 1. The van der Waals surface area contributed by atoms with Crippen molar-refractivity contribution < 1.29 is 9.21 Å². The van der Waals surface area contributed by atoms with Crippen LogP contribution in [0.5, 0.6) is 0 Å². The van der Waals surface area contributed by atoms with Crippen molar-refractivity contribution in [3.63, 3.8) is 0 Å². The molecule has 2 aromatic rings. The van der Waals surface area contributed by atoms with Gasteiger partial charge in [-0.05, 0) is 31.4 Å². The molecule has 3 heterocycles. The maximum absolute atomic E-state index is 12.6. The van der Waals surface area contributed by atoms with Crippen LogP contribution in [0.15, 0.2) is 35.2 Å². The molecular weight excluding hydrogens is 294 g/mol. The van der Waals surface area contributed by atoms with Gasteiger partial charge in [0.25, 0.3) is 0 Å². The van der Waals surface area contributed by atoms with E-state index >= 15 is 0 Å². The normalized spacial score (nSPS) is 18.6. The van der Waals surface area contributed by atoms with E-state index in [1.54, 1.807) is 17.1 Å². The number of nitrogens with zero attached hydrogens (tertiary/aromatic N) is 4. The van der Waals surface area contributed by atoms with E-state index in [-0.39, 0.29) is 12.1 Å². The van der Waals surface area contributed by atoms with Crippen LogP contribution in [0, 0.1) is 0 Å². The first-order valence-electron chi connectivity index (χ1n) is 8.26. The molecule has 2 aromatic heterocycles. The zero-order valence-corrected chi connectivity index (χ0v) is 13.2. The third-order valence-corrected chi connectivity index (χ3v) is 4.20. The van der Waals surface area contributed by atoms with Crippen LogP contribution in [-0.4, -0.2) is 39.0 Å². The first kappa shape index (κ1) is 15.6. The number of amides is 2. The van der Waals surface area contributed by atoms with Gasteiger partial charge >= 0.3 is 6.03 Å². The van der Waals surface area contributed by atoms with Crippen LogP contribution in [0.1, 0.15) is 43.9 Å². The fourth-order valence-electron chi connectivity index (χ4n) is 3.02. The molecule has 1 saturated heterocycles. The van der Waals surface area contributed by atoms with Gasteiger partial charge in [-0.25, -0.2) is 4.79 Å². The molecule has 1 N–H and O–H groups in total. The van der Waals surface area contributed by atoms with Gasteiger partial charge in [-0.15, -0.1) is 5.10 Å². The lowest BCUT2D eigenvalue weighted by molar-refractivity contribution is 0.166. The lowest BCUT2D eigenvalue weighted by Gasteiger charge is -2.28. The van der Waals surface area contributed by atoms with Gasteiger partial charge in [0.2, 0.25) is 0 Å². The highest BCUT2D eigenvalue weighted by Gasteiger charge is 2.28. The van der Waals surface area contributed by atoms with Gasteiger partial charge in [-0.3, -0.25) is 4.68 Å². The van der Waals surface area contributed by atoms with Crippen molar-refractivity contribution in [2.24, 2.45) is 0 Å². The van der Waals surface area contributed by atoms with Gasteiger partial charge < -0.3 is 14.6 Å². The molecule has 0 spiro atoms. The summed E-state index contributed by atoms with van der Waals surface area (Å²) in [5.41, 5.74) is 0. The minimum atomic E-state index is -0.00751. The Bertz CT molecular complexity index is 582. The van der Waals surface area contributed by atoms with Crippen molar-refractivity contribution in [3.8, 4) is 0 Å². The second-order valence-corrected chi connectivity index (χ2v) is 5.83. The van der Waals surface area contributed by atoms with Gasteiger partial charge in [-0.2, -0.15) is 0 Å². The highest BCUT2D eigenvalue weighted by Crippen LogP contribution is 2.30. The topological polar surface area (TPSA) is 76.2 Å². The molecule has 0 saturated carbocycles. The number of rotatable bonds is 5. The monoisotopic (exact) mass is 317 g/mol. The molecule has 1 aliphatic rings. The summed E-state index contributed by atoms with van der Waals surface area (Å²) in [6.07, 6.45) is 10.3. The van der Waals surface area contributed by atoms with Crippen LogP contribution in [0.4, 0.5) is 4.79 Å². The largest absolute Gasteiger partial charge is 0.467 e. The predicted octanol–water partition coefficient (Wildman–Crippen LogP) is 2.59. The molecule has 1 aliphatic heterocycles. The Labute approximate surface area is 135 Å². The van der Waals surface area contributed by atoms with E-state index in [2.05, 4.69) is 15.6 Å². The minimum absolute atomic E-state index is 0.00751. The van der Waals surface area contributed by atoms with Crippen LogP contribution < -0.4 is 5.32 Å². The van der Waals surface area contributed by atoms with Crippen LogP contribution >= 0.6 is 0 Å². The Hall–Kier alpha value is -2.31. The molecule has 2 amide bonds. The molecule has 124 valence electrons. The quantitative estimate of drug-likeness (QED) is 0.860. The summed E-state index contributed by atoms with van der Waals surface area (Å²) >= 11 is 0. The number of carbonyl (C=O) groups is 1. The summed E-state index contributed by atoms with van der Waals surface area (Å²) in [6.45, 7) is 2.15. The van der Waals surface area contributed by atoms with Crippen LogP contribution in [0.3, 0.4) is 0 Å². The molecule has 1 fully saturated rings. The van der Waals surface area contributed by atoms with Gasteiger partial charge in [0, 0.05) is 25.8 Å². The summed E-state index contributed by atoms with van der Waals surface area (Å²) in [5, 5.41) is 10.7. The van der Waals surface area contributed by atoms with Crippen LogP contribution in [-0.2, 0) is 6.54 Å². The van der Waals surface area contributed by atoms with Crippen molar-refractivity contribution in [2.45, 2.75) is 44.7 Å². The third-order valence-electron chi connectivity index (χ3n) is 4.20. The maximum atomic E-state index is 12.6. The number of hydrogen-bond acceptors (Lipinski definition) is 4. The Morgan fingerprint density at radius 3 is 3.13 bits per heavy atom. The van der Waals surface area contributed by atoms with Gasteiger partial charge in [0.15, 0.2) is 0 Å². The highest BCUT2D eigenvalue weighted by atomic mass is 16.3. The molecule has 0 aromatic carbocycles. The fourth-order valence-corrected chi connectivity index (χ4v) is 3.02. The predicted molar refractivity (Wildman–Crippen MR) is 84.7 cm³/mol. The van der Waals surface area contributed by atoms with E-state index in [9.17, 15) is 4.79 Å². The second kappa shape index (κ2) is 7.80. The summed E-state index contributed by atoms with van der Waals surface area (Å²) in [5.74, 6) is 0.879. The Morgan fingerprint density at radius 1 is 1.39 bits per heavy atom. The second-order valence-electron chi connectivity index (χ2n) is 5.83. The third kappa shape index (κ3) is 4.12. The molecule has 3 rings (SSSR count). The summed E-state index contributed by atoms with van der Waals surface area (Å²) < 4.78 is 7.31. The van der Waals surface area contributed by atoms with E-state index in [0.29, 0.717) is 6.54 Å². The van der Waals surface area contributed by atoms with E-state index in [1.807, 2.05) is 23.2 Å². The van der Waals surface area contributed by atoms with Gasteiger partial charge in [-0.1, -0.05) is 18.1 Å². The summed E-state index contributed by atoms with van der Waals surface area (Å²) in [4.78, 5) is 14.5. The zero-order chi connectivity index (χ0) is 15.9. The number of carbonyl (C=O) groups excluding carboxylic acids is 1. The Balaban J connectivity index is 1.53. The molecule has 0 radical (unpaired) electrons. The molecule has 0 unspecified atom stereocenters. The molecule has 0 bridgehead atoms. The first-order chi connectivity index (χ1) is 11.3. The summed E-state index contributed by atoms with van der Waals surface area (Å²) in [7, 11) is 0. The lowest BCUT2D eigenvalue weighted by atomic mass is 10.1. The van der Waals surface area contributed by atoms with Crippen molar-refractivity contribution in [1.82, 2.24) is 25.2 Å². The SMILES string of the molecule is O=C(NCCCn1ccnn1)N1CCCCC[C@H]1c1ccco1. The van der Waals surface area contributed by atoms with Crippen molar-refractivity contribution in [1.29, 1.82) is 0 Å². The number of urea groups is 1. The number of furan rings is 1. The fraction of sp³-hybridized carbons (Fsp3) is 0.562. The Kier molecular flexibility index (Phi) is 5.29. The number of nitrogens with one attached hydrogen (secondary N) is 1. The number of aromatic nitrogens is 3. The minimum Gasteiger partial charge on any atom is -0.467 e. The van der Waals surface area contributed by atoms with E-state index in [4.69, 9.17) is 4.42 Å². The Morgan fingerprint density at radius 2 is 2.35 bits per heavy atom. The molecular formula is C16H23N5O2.